The normalized spacial score (nSPS) is 12.4. The molecule has 0 saturated heterocycles. The van der Waals surface area contributed by atoms with Crippen molar-refractivity contribution in [1.82, 2.24) is 5.32 Å². The number of thiophene rings is 1. The first-order chi connectivity index (χ1) is 9.60. The van der Waals surface area contributed by atoms with Crippen molar-refractivity contribution >= 4 is 11.3 Å². The van der Waals surface area contributed by atoms with Crippen LogP contribution in [-0.4, -0.2) is 14.2 Å². The second kappa shape index (κ2) is 6.42. The van der Waals surface area contributed by atoms with Gasteiger partial charge in [-0.25, -0.2) is 0 Å². The second-order valence-corrected chi connectivity index (χ2v) is 6.27. The smallest absolute Gasteiger partial charge is 0.124 e. The van der Waals surface area contributed by atoms with E-state index in [-0.39, 0.29) is 6.04 Å². The van der Waals surface area contributed by atoms with Gasteiger partial charge in [0.2, 0.25) is 0 Å². The van der Waals surface area contributed by atoms with Gasteiger partial charge in [-0.05, 0) is 56.1 Å². The van der Waals surface area contributed by atoms with Crippen LogP contribution in [0.2, 0.25) is 0 Å². The van der Waals surface area contributed by atoms with Gasteiger partial charge in [0.15, 0.2) is 0 Å². The van der Waals surface area contributed by atoms with Gasteiger partial charge in [-0.2, -0.15) is 0 Å². The molecular formula is C17H23NOS. The van der Waals surface area contributed by atoms with Crippen LogP contribution in [-0.2, 0) is 6.42 Å². The van der Waals surface area contributed by atoms with Crippen LogP contribution in [0.3, 0.4) is 0 Å². The van der Waals surface area contributed by atoms with Crippen LogP contribution in [0.15, 0.2) is 24.3 Å². The molecule has 1 aromatic heterocycles. The van der Waals surface area contributed by atoms with Gasteiger partial charge in [0.05, 0.1) is 13.2 Å². The topological polar surface area (TPSA) is 21.3 Å². The van der Waals surface area contributed by atoms with E-state index in [1.807, 2.05) is 18.4 Å². The molecule has 0 aliphatic carbocycles. The molecule has 1 unspecified atom stereocenters. The summed E-state index contributed by atoms with van der Waals surface area (Å²) in [5, 5.41) is 3.43. The lowest BCUT2D eigenvalue weighted by atomic mass is 9.99. The molecule has 2 rings (SSSR count). The molecule has 0 saturated carbocycles. The third-order valence-corrected chi connectivity index (χ3v) is 4.92. The summed E-state index contributed by atoms with van der Waals surface area (Å²) in [5.41, 5.74) is 3.68. The lowest BCUT2D eigenvalue weighted by Crippen LogP contribution is -2.17. The minimum Gasteiger partial charge on any atom is -0.496 e. The van der Waals surface area contributed by atoms with Crippen molar-refractivity contribution in [2.24, 2.45) is 0 Å². The summed E-state index contributed by atoms with van der Waals surface area (Å²) in [7, 11) is 3.75. The Balaban J connectivity index is 2.41. The minimum absolute atomic E-state index is 0.253. The second-order valence-electron chi connectivity index (χ2n) is 5.07. The Morgan fingerprint density at radius 2 is 1.85 bits per heavy atom. The first kappa shape index (κ1) is 15.1. The predicted octanol–water partition coefficient (Wildman–Crippen LogP) is 4.24. The Morgan fingerprint density at radius 1 is 1.20 bits per heavy atom. The van der Waals surface area contributed by atoms with Crippen LogP contribution in [0.25, 0.3) is 0 Å². The van der Waals surface area contributed by atoms with Crippen molar-refractivity contribution in [3.63, 3.8) is 0 Å². The van der Waals surface area contributed by atoms with Gasteiger partial charge in [-0.3, -0.25) is 0 Å². The van der Waals surface area contributed by atoms with Gasteiger partial charge in [0.25, 0.3) is 0 Å². The summed E-state index contributed by atoms with van der Waals surface area (Å²) < 4.78 is 5.45. The van der Waals surface area contributed by atoms with E-state index in [9.17, 15) is 0 Å². The highest BCUT2D eigenvalue weighted by Gasteiger charge is 2.16. The van der Waals surface area contributed by atoms with E-state index in [0.29, 0.717) is 0 Å². The molecule has 2 aromatic rings. The first-order valence-corrected chi connectivity index (χ1v) is 7.83. The van der Waals surface area contributed by atoms with E-state index in [1.54, 1.807) is 7.11 Å². The molecule has 0 amide bonds. The Kier molecular flexibility index (Phi) is 4.84. The average Bonchev–Trinajstić information content (AvgIpc) is 2.88. The number of aryl methyl sites for hydroxylation is 3. The molecule has 1 heterocycles. The number of methoxy groups -OCH3 is 1. The summed E-state index contributed by atoms with van der Waals surface area (Å²) in [6.07, 6.45) is 1.10. The maximum Gasteiger partial charge on any atom is 0.124 e. The number of hydrogen-bond donors (Lipinski definition) is 1. The molecule has 0 bridgehead atoms. The Bertz CT molecular complexity index is 565. The van der Waals surface area contributed by atoms with Gasteiger partial charge in [0.1, 0.15) is 5.75 Å². The predicted molar refractivity (Wildman–Crippen MR) is 87.1 cm³/mol. The van der Waals surface area contributed by atoms with E-state index >= 15 is 0 Å². The number of nitrogens with one attached hydrogen (secondary N) is 1. The molecule has 0 aliphatic rings. The summed E-state index contributed by atoms with van der Waals surface area (Å²) in [4.78, 5) is 2.80. The van der Waals surface area contributed by atoms with Crippen molar-refractivity contribution in [3.8, 4) is 5.75 Å². The highest BCUT2D eigenvalue weighted by Crippen LogP contribution is 2.32. The average molecular weight is 289 g/mol. The fraction of sp³-hybridized carbons (Fsp3) is 0.412. The van der Waals surface area contributed by atoms with Crippen LogP contribution in [0.1, 0.15) is 39.4 Å². The summed E-state index contributed by atoms with van der Waals surface area (Å²) in [6.45, 7) is 6.41. The standard InChI is InChI=1S/C17H23NOS/c1-6-14-7-8-15(20-14)16(18-4)13-9-11(2)17(19-5)12(3)10-13/h7-10,16,18H,6H2,1-5H3. The van der Waals surface area contributed by atoms with Gasteiger partial charge in [-0.1, -0.05) is 19.1 Å². The quantitative estimate of drug-likeness (QED) is 0.888. The van der Waals surface area contributed by atoms with Crippen LogP contribution in [0.5, 0.6) is 5.75 Å². The number of benzene rings is 1. The Morgan fingerprint density at radius 3 is 2.30 bits per heavy atom. The van der Waals surface area contributed by atoms with Crippen LogP contribution < -0.4 is 10.1 Å². The third kappa shape index (κ3) is 2.89. The number of rotatable bonds is 5. The zero-order valence-corrected chi connectivity index (χ0v) is 13.7. The molecule has 1 atom stereocenters. The Hall–Kier alpha value is -1.32. The monoisotopic (exact) mass is 289 g/mol. The lowest BCUT2D eigenvalue weighted by Gasteiger charge is -2.18. The molecule has 1 aromatic carbocycles. The molecule has 0 radical (unpaired) electrons. The van der Waals surface area contributed by atoms with Gasteiger partial charge in [0, 0.05) is 9.75 Å². The van der Waals surface area contributed by atoms with Crippen LogP contribution in [0.4, 0.5) is 0 Å². The SMILES string of the molecule is CCc1ccc(C(NC)c2cc(C)c(OC)c(C)c2)s1. The third-order valence-electron chi connectivity index (χ3n) is 3.62. The summed E-state index contributed by atoms with van der Waals surface area (Å²) in [5.74, 6) is 0.990. The van der Waals surface area contributed by atoms with Gasteiger partial charge < -0.3 is 10.1 Å². The van der Waals surface area contributed by atoms with Crippen molar-refractivity contribution in [2.75, 3.05) is 14.2 Å². The fourth-order valence-electron chi connectivity index (χ4n) is 2.69. The zero-order valence-electron chi connectivity index (χ0n) is 12.9. The first-order valence-electron chi connectivity index (χ1n) is 7.01. The Labute approximate surface area is 125 Å². The fourth-order valence-corrected chi connectivity index (χ4v) is 3.78. The molecule has 2 nitrogen and oxygen atoms in total. The number of ether oxygens (including phenoxy) is 1. The highest BCUT2D eigenvalue weighted by molar-refractivity contribution is 7.12. The molecule has 0 fully saturated rings. The maximum atomic E-state index is 5.45. The van der Waals surface area contributed by atoms with Crippen LogP contribution >= 0.6 is 11.3 Å². The minimum atomic E-state index is 0.253. The highest BCUT2D eigenvalue weighted by atomic mass is 32.1. The van der Waals surface area contributed by atoms with Crippen molar-refractivity contribution in [1.29, 1.82) is 0 Å². The molecule has 0 aliphatic heterocycles. The number of hydrogen-bond acceptors (Lipinski definition) is 3. The van der Waals surface area contributed by atoms with Crippen molar-refractivity contribution in [2.45, 2.75) is 33.2 Å². The van der Waals surface area contributed by atoms with Gasteiger partial charge in [-0.15, -0.1) is 11.3 Å². The maximum absolute atomic E-state index is 5.45. The molecule has 108 valence electrons. The molecule has 1 N–H and O–H groups in total. The molecular weight excluding hydrogens is 266 g/mol. The summed E-state index contributed by atoms with van der Waals surface area (Å²) >= 11 is 1.89. The molecule has 0 spiro atoms. The van der Waals surface area contributed by atoms with Gasteiger partial charge >= 0.3 is 0 Å². The van der Waals surface area contributed by atoms with Crippen molar-refractivity contribution < 1.29 is 4.74 Å². The van der Waals surface area contributed by atoms with E-state index in [1.165, 1.54) is 26.4 Å². The van der Waals surface area contributed by atoms with E-state index < -0.39 is 0 Å². The van der Waals surface area contributed by atoms with E-state index in [2.05, 4.69) is 50.4 Å². The molecule has 20 heavy (non-hydrogen) atoms. The van der Waals surface area contributed by atoms with E-state index in [0.717, 1.165) is 12.2 Å². The largest absolute Gasteiger partial charge is 0.496 e. The molecule has 3 heteroatoms. The van der Waals surface area contributed by atoms with Crippen molar-refractivity contribution in [3.05, 3.63) is 50.7 Å². The summed E-state index contributed by atoms with van der Waals surface area (Å²) in [6, 6.07) is 9.16. The lowest BCUT2D eigenvalue weighted by molar-refractivity contribution is 0.408. The van der Waals surface area contributed by atoms with Crippen LogP contribution in [0, 0.1) is 13.8 Å². The van der Waals surface area contributed by atoms with E-state index in [4.69, 9.17) is 4.74 Å². The zero-order chi connectivity index (χ0) is 14.7.